The van der Waals surface area contributed by atoms with Crippen LogP contribution in [-0.4, -0.2) is 26.3 Å². The number of ether oxygens (including phenoxy) is 2. The van der Waals surface area contributed by atoms with E-state index < -0.39 is 0 Å². The van der Waals surface area contributed by atoms with E-state index in [1.807, 2.05) is 12.1 Å². The Kier molecular flexibility index (Phi) is 6.24. The first-order chi connectivity index (χ1) is 9.10. The van der Waals surface area contributed by atoms with E-state index in [9.17, 15) is 0 Å². The minimum absolute atomic E-state index is 0.333. The number of hydrogen-bond acceptors (Lipinski definition) is 3. The third kappa shape index (κ3) is 4.84. The SMILES string of the molecule is C#CCC(C)NC(C)Cc1ccc(OC)c(OC)c1. The molecule has 0 saturated heterocycles. The second-order valence-electron chi connectivity index (χ2n) is 4.77. The molecule has 0 aliphatic rings. The molecule has 3 heteroatoms. The lowest BCUT2D eigenvalue weighted by molar-refractivity contribution is 0.354. The number of hydrogen-bond donors (Lipinski definition) is 1. The number of terminal acetylenes is 1. The summed E-state index contributed by atoms with van der Waals surface area (Å²) in [6.45, 7) is 4.26. The zero-order valence-corrected chi connectivity index (χ0v) is 12.2. The van der Waals surface area contributed by atoms with Crippen LogP contribution in [-0.2, 0) is 6.42 Å². The molecular weight excluding hydrogens is 238 g/mol. The monoisotopic (exact) mass is 261 g/mol. The Morgan fingerprint density at radius 1 is 1.16 bits per heavy atom. The molecular formula is C16H23NO2. The summed E-state index contributed by atoms with van der Waals surface area (Å²) in [5, 5.41) is 3.48. The lowest BCUT2D eigenvalue weighted by atomic mass is 10.1. The summed E-state index contributed by atoms with van der Waals surface area (Å²) in [5.74, 6) is 4.20. The summed E-state index contributed by atoms with van der Waals surface area (Å²) in [5.41, 5.74) is 1.21. The molecule has 0 saturated carbocycles. The summed E-state index contributed by atoms with van der Waals surface area (Å²) in [4.78, 5) is 0. The lowest BCUT2D eigenvalue weighted by Gasteiger charge is -2.19. The predicted molar refractivity (Wildman–Crippen MR) is 78.8 cm³/mol. The second kappa shape index (κ2) is 7.70. The molecule has 1 aromatic carbocycles. The third-order valence-electron chi connectivity index (χ3n) is 2.98. The molecule has 2 unspecified atom stereocenters. The first-order valence-electron chi connectivity index (χ1n) is 6.51. The van der Waals surface area contributed by atoms with Gasteiger partial charge in [-0.25, -0.2) is 0 Å². The van der Waals surface area contributed by atoms with Crippen molar-refractivity contribution in [2.24, 2.45) is 0 Å². The summed E-state index contributed by atoms with van der Waals surface area (Å²) >= 11 is 0. The van der Waals surface area contributed by atoms with Crippen LogP contribution in [0.3, 0.4) is 0 Å². The van der Waals surface area contributed by atoms with Gasteiger partial charge in [0.2, 0.25) is 0 Å². The van der Waals surface area contributed by atoms with Crippen molar-refractivity contribution in [1.29, 1.82) is 0 Å². The largest absolute Gasteiger partial charge is 0.493 e. The van der Waals surface area contributed by atoms with Crippen LogP contribution in [0.5, 0.6) is 11.5 Å². The molecule has 0 heterocycles. The molecule has 0 amide bonds. The van der Waals surface area contributed by atoms with Crippen LogP contribution in [0, 0.1) is 12.3 Å². The average Bonchev–Trinajstić information content (AvgIpc) is 2.38. The zero-order chi connectivity index (χ0) is 14.3. The second-order valence-corrected chi connectivity index (χ2v) is 4.77. The van der Waals surface area contributed by atoms with Crippen molar-refractivity contribution in [3.63, 3.8) is 0 Å². The van der Waals surface area contributed by atoms with Crippen LogP contribution < -0.4 is 14.8 Å². The molecule has 0 radical (unpaired) electrons. The quantitative estimate of drug-likeness (QED) is 0.765. The molecule has 1 aromatic rings. The fourth-order valence-corrected chi connectivity index (χ4v) is 2.14. The van der Waals surface area contributed by atoms with Gasteiger partial charge in [-0.15, -0.1) is 12.3 Å². The molecule has 2 atom stereocenters. The Bertz CT molecular complexity index is 437. The van der Waals surface area contributed by atoms with E-state index >= 15 is 0 Å². The molecule has 19 heavy (non-hydrogen) atoms. The molecule has 0 bridgehead atoms. The molecule has 1 N–H and O–H groups in total. The standard InChI is InChI=1S/C16H23NO2/c1-6-7-12(2)17-13(3)10-14-8-9-15(18-4)16(11-14)19-5/h1,8-9,11-13,17H,7,10H2,2-5H3. The maximum absolute atomic E-state index is 5.31. The summed E-state index contributed by atoms with van der Waals surface area (Å²) in [6, 6.07) is 6.71. The molecule has 0 aliphatic carbocycles. The van der Waals surface area contributed by atoms with Gasteiger partial charge >= 0.3 is 0 Å². The van der Waals surface area contributed by atoms with E-state index in [4.69, 9.17) is 15.9 Å². The Hall–Kier alpha value is -1.66. The molecule has 0 fully saturated rings. The van der Waals surface area contributed by atoms with Crippen LogP contribution in [0.15, 0.2) is 18.2 Å². The number of rotatable bonds is 7. The van der Waals surface area contributed by atoms with Crippen LogP contribution in [0.1, 0.15) is 25.8 Å². The van der Waals surface area contributed by atoms with Crippen molar-refractivity contribution in [2.75, 3.05) is 14.2 Å². The third-order valence-corrected chi connectivity index (χ3v) is 2.98. The van der Waals surface area contributed by atoms with E-state index in [-0.39, 0.29) is 0 Å². The fraction of sp³-hybridized carbons (Fsp3) is 0.500. The van der Waals surface area contributed by atoms with E-state index in [1.54, 1.807) is 14.2 Å². The highest BCUT2D eigenvalue weighted by Gasteiger charge is 2.10. The van der Waals surface area contributed by atoms with Gasteiger partial charge in [0, 0.05) is 18.5 Å². The zero-order valence-electron chi connectivity index (χ0n) is 12.2. The van der Waals surface area contributed by atoms with Crippen molar-refractivity contribution >= 4 is 0 Å². The fourth-order valence-electron chi connectivity index (χ4n) is 2.14. The van der Waals surface area contributed by atoms with Gasteiger partial charge in [0.05, 0.1) is 14.2 Å². The van der Waals surface area contributed by atoms with E-state index in [2.05, 4.69) is 31.2 Å². The summed E-state index contributed by atoms with van der Waals surface area (Å²) < 4.78 is 10.5. The van der Waals surface area contributed by atoms with Gasteiger partial charge in [-0.1, -0.05) is 6.07 Å². The topological polar surface area (TPSA) is 30.5 Å². The van der Waals surface area contributed by atoms with Crippen molar-refractivity contribution in [2.45, 2.75) is 38.8 Å². The van der Waals surface area contributed by atoms with Gasteiger partial charge in [0.25, 0.3) is 0 Å². The molecule has 0 aromatic heterocycles. The number of methoxy groups -OCH3 is 2. The van der Waals surface area contributed by atoms with Crippen LogP contribution >= 0.6 is 0 Å². The van der Waals surface area contributed by atoms with Gasteiger partial charge in [0.15, 0.2) is 11.5 Å². The van der Waals surface area contributed by atoms with E-state index in [0.717, 1.165) is 24.3 Å². The summed E-state index contributed by atoms with van der Waals surface area (Å²) in [6.07, 6.45) is 6.98. The van der Waals surface area contributed by atoms with E-state index in [0.29, 0.717) is 12.1 Å². The highest BCUT2D eigenvalue weighted by molar-refractivity contribution is 5.43. The molecule has 0 aliphatic heterocycles. The normalized spacial score (nSPS) is 13.4. The highest BCUT2D eigenvalue weighted by atomic mass is 16.5. The minimum Gasteiger partial charge on any atom is -0.493 e. The van der Waals surface area contributed by atoms with Gasteiger partial charge in [-0.05, 0) is 38.0 Å². The van der Waals surface area contributed by atoms with Crippen LogP contribution in [0.25, 0.3) is 0 Å². The van der Waals surface area contributed by atoms with Crippen molar-refractivity contribution < 1.29 is 9.47 Å². The lowest BCUT2D eigenvalue weighted by Crippen LogP contribution is -2.35. The van der Waals surface area contributed by atoms with Gasteiger partial charge in [0.1, 0.15) is 0 Å². The van der Waals surface area contributed by atoms with E-state index in [1.165, 1.54) is 5.56 Å². The minimum atomic E-state index is 0.333. The first-order valence-corrected chi connectivity index (χ1v) is 6.51. The molecule has 0 spiro atoms. The highest BCUT2D eigenvalue weighted by Crippen LogP contribution is 2.27. The van der Waals surface area contributed by atoms with Crippen molar-refractivity contribution in [3.05, 3.63) is 23.8 Å². The predicted octanol–water partition coefficient (Wildman–Crippen LogP) is 2.64. The van der Waals surface area contributed by atoms with Gasteiger partial charge in [-0.3, -0.25) is 0 Å². The van der Waals surface area contributed by atoms with Gasteiger partial charge in [-0.2, -0.15) is 0 Å². The van der Waals surface area contributed by atoms with Gasteiger partial charge < -0.3 is 14.8 Å². The Morgan fingerprint density at radius 2 is 1.84 bits per heavy atom. The Balaban J connectivity index is 2.64. The first kappa shape index (κ1) is 15.4. The molecule has 3 nitrogen and oxygen atoms in total. The Labute approximate surface area is 116 Å². The maximum atomic E-state index is 5.31. The smallest absolute Gasteiger partial charge is 0.160 e. The molecule has 104 valence electrons. The van der Waals surface area contributed by atoms with Crippen LogP contribution in [0.4, 0.5) is 0 Å². The number of benzene rings is 1. The van der Waals surface area contributed by atoms with Crippen molar-refractivity contribution in [3.8, 4) is 23.8 Å². The van der Waals surface area contributed by atoms with Crippen LogP contribution in [0.2, 0.25) is 0 Å². The van der Waals surface area contributed by atoms with Crippen molar-refractivity contribution in [1.82, 2.24) is 5.32 Å². The Morgan fingerprint density at radius 3 is 2.42 bits per heavy atom. The average molecular weight is 261 g/mol. The number of nitrogens with one attached hydrogen (secondary N) is 1. The molecule has 1 rings (SSSR count). The summed E-state index contributed by atoms with van der Waals surface area (Å²) in [7, 11) is 3.29. The maximum Gasteiger partial charge on any atom is 0.160 e.